The van der Waals surface area contributed by atoms with Crippen LogP contribution in [0.2, 0.25) is 0 Å². The topological polar surface area (TPSA) is 35.6 Å². The first-order chi connectivity index (χ1) is 12.7. The van der Waals surface area contributed by atoms with Gasteiger partial charge in [0.25, 0.3) is 5.91 Å². The van der Waals surface area contributed by atoms with Crippen LogP contribution < -0.4 is 10.2 Å². The highest BCUT2D eigenvalue weighted by molar-refractivity contribution is 6.08. The van der Waals surface area contributed by atoms with Crippen LogP contribution in [0, 0.1) is 5.82 Å². The quantitative estimate of drug-likeness (QED) is 0.821. The number of carbonyl (C=O) groups is 1. The van der Waals surface area contributed by atoms with Gasteiger partial charge >= 0.3 is 6.18 Å². The fraction of sp³-hybridized carbons (Fsp3) is 0.316. The Bertz CT molecular complexity index is 813. The second kappa shape index (κ2) is 7.56. The zero-order chi connectivity index (χ0) is 19.6. The van der Waals surface area contributed by atoms with E-state index in [1.807, 2.05) is 11.9 Å². The summed E-state index contributed by atoms with van der Waals surface area (Å²) in [7, 11) is 2.00. The molecule has 0 radical (unpaired) electrons. The molecule has 4 nitrogen and oxygen atoms in total. The molecule has 1 fully saturated rings. The van der Waals surface area contributed by atoms with Gasteiger partial charge in [-0.2, -0.15) is 13.2 Å². The smallest absolute Gasteiger partial charge is 0.368 e. The highest BCUT2D eigenvalue weighted by atomic mass is 19.4. The number of amides is 1. The van der Waals surface area contributed by atoms with Crippen molar-refractivity contribution in [1.82, 2.24) is 4.90 Å². The summed E-state index contributed by atoms with van der Waals surface area (Å²) in [6.45, 7) is 3.03. The van der Waals surface area contributed by atoms with E-state index in [9.17, 15) is 22.4 Å². The maximum absolute atomic E-state index is 13.7. The number of alkyl halides is 3. The molecule has 1 heterocycles. The molecule has 0 unspecified atom stereocenters. The minimum atomic E-state index is -4.44. The van der Waals surface area contributed by atoms with Gasteiger partial charge in [-0.15, -0.1) is 0 Å². The molecule has 0 atom stereocenters. The highest BCUT2D eigenvalue weighted by Gasteiger charge is 2.30. The van der Waals surface area contributed by atoms with Gasteiger partial charge in [-0.25, -0.2) is 4.39 Å². The van der Waals surface area contributed by atoms with Gasteiger partial charge in [0.1, 0.15) is 5.82 Å². The molecule has 0 aliphatic carbocycles. The van der Waals surface area contributed by atoms with Crippen molar-refractivity contribution in [3.8, 4) is 0 Å². The highest BCUT2D eigenvalue weighted by Crippen LogP contribution is 2.30. The van der Waals surface area contributed by atoms with Crippen molar-refractivity contribution in [3.63, 3.8) is 0 Å². The Morgan fingerprint density at radius 3 is 2.22 bits per heavy atom. The van der Waals surface area contributed by atoms with Gasteiger partial charge in [0.05, 0.1) is 11.1 Å². The lowest BCUT2D eigenvalue weighted by atomic mass is 10.1. The molecular formula is C19H19F4N3O. The molecule has 1 amide bonds. The Morgan fingerprint density at radius 2 is 1.63 bits per heavy atom. The molecule has 1 aliphatic heterocycles. The van der Waals surface area contributed by atoms with Crippen molar-refractivity contribution < 1.29 is 22.4 Å². The molecular weight excluding hydrogens is 362 g/mol. The molecule has 1 N–H and O–H groups in total. The van der Waals surface area contributed by atoms with Crippen molar-refractivity contribution in [3.05, 3.63) is 59.4 Å². The number of nitrogens with zero attached hydrogens (tertiary/aromatic N) is 2. The molecule has 3 rings (SSSR count). The van der Waals surface area contributed by atoms with Gasteiger partial charge in [0.2, 0.25) is 0 Å². The predicted molar refractivity (Wildman–Crippen MR) is 95.5 cm³/mol. The monoisotopic (exact) mass is 381 g/mol. The van der Waals surface area contributed by atoms with Crippen LogP contribution in [0.4, 0.5) is 28.9 Å². The molecule has 0 bridgehead atoms. The van der Waals surface area contributed by atoms with Gasteiger partial charge in [-0.3, -0.25) is 4.79 Å². The van der Waals surface area contributed by atoms with E-state index in [0.29, 0.717) is 18.8 Å². The third kappa shape index (κ3) is 4.57. The summed E-state index contributed by atoms with van der Waals surface area (Å²) >= 11 is 0. The SMILES string of the molecule is CN1CCN(c2ccc(F)cc2C(=O)Nc2ccc(C(F)(F)F)cc2)CC1. The number of hydrogen-bond donors (Lipinski definition) is 1. The Kier molecular flexibility index (Phi) is 5.36. The fourth-order valence-corrected chi connectivity index (χ4v) is 2.95. The van der Waals surface area contributed by atoms with Crippen LogP contribution >= 0.6 is 0 Å². The van der Waals surface area contributed by atoms with E-state index in [2.05, 4.69) is 10.2 Å². The number of anilines is 2. The summed E-state index contributed by atoms with van der Waals surface area (Å²) in [6, 6.07) is 8.13. The van der Waals surface area contributed by atoms with E-state index in [0.717, 1.165) is 31.3 Å². The fourth-order valence-electron chi connectivity index (χ4n) is 2.95. The van der Waals surface area contributed by atoms with Gasteiger partial charge in [-0.05, 0) is 49.5 Å². The standard InChI is InChI=1S/C19H19F4N3O/c1-25-8-10-26(11-9-25)17-7-4-14(20)12-16(17)18(27)24-15-5-2-13(3-6-15)19(21,22)23/h2-7,12H,8-11H2,1H3,(H,24,27). The van der Waals surface area contributed by atoms with E-state index in [1.165, 1.54) is 18.2 Å². The van der Waals surface area contributed by atoms with Gasteiger partial charge in [0.15, 0.2) is 0 Å². The lowest BCUT2D eigenvalue weighted by Gasteiger charge is -2.35. The maximum atomic E-state index is 13.7. The van der Waals surface area contributed by atoms with Crippen LogP contribution in [0.1, 0.15) is 15.9 Å². The number of hydrogen-bond acceptors (Lipinski definition) is 3. The van der Waals surface area contributed by atoms with Crippen molar-refractivity contribution in [2.45, 2.75) is 6.18 Å². The maximum Gasteiger partial charge on any atom is 0.416 e. The first-order valence-electron chi connectivity index (χ1n) is 8.46. The largest absolute Gasteiger partial charge is 0.416 e. The first kappa shape index (κ1) is 19.2. The number of nitrogens with one attached hydrogen (secondary N) is 1. The lowest BCUT2D eigenvalue weighted by Crippen LogP contribution is -2.45. The summed E-state index contributed by atoms with van der Waals surface area (Å²) in [5, 5.41) is 2.54. The van der Waals surface area contributed by atoms with E-state index in [4.69, 9.17) is 0 Å². The second-order valence-corrected chi connectivity index (χ2v) is 6.48. The zero-order valence-corrected chi connectivity index (χ0v) is 14.7. The molecule has 2 aromatic carbocycles. The zero-order valence-electron chi connectivity index (χ0n) is 14.7. The van der Waals surface area contributed by atoms with E-state index in [-0.39, 0.29) is 11.3 Å². The minimum absolute atomic E-state index is 0.152. The van der Waals surface area contributed by atoms with E-state index in [1.54, 1.807) is 6.07 Å². The van der Waals surface area contributed by atoms with Crippen LogP contribution in [0.25, 0.3) is 0 Å². The number of piperazine rings is 1. The number of rotatable bonds is 3. The number of halogens is 4. The lowest BCUT2D eigenvalue weighted by molar-refractivity contribution is -0.137. The first-order valence-corrected chi connectivity index (χ1v) is 8.46. The van der Waals surface area contributed by atoms with Crippen molar-refractivity contribution in [2.24, 2.45) is 0 Å². The van der Waals surface area contributed by atoms with Crippen LogP contribution in [-0.2, 0) is 6.18 Å². The molecule has 1 saturated heterocycles. The van der Waals surface area contributed by atoms with Crippen LogP contribution in [-0.4, -0.2) is 44.0 Å². The molecule has 2 aromatic rings. The van der Waals surface area contributed by atoms with Gasteiger partial charge in [-0.1, -0.05) is 0 Å². The second-order valence-electron chi connectivity index (χ2n) is 6.48. The molecule has 0 aromatic heterocycles. The van der Waals surface area contributed by atoms with Crippen molar-refractivity contribution in [2.75, 3.05) is 43.4 Å². The van der Waals surface area contributed by atoms with E-state index < -0.39 is 23.5 Å². The molecule has 144 valence electrons. The summed E-state index contributed by atoms with van der Waals surface area (Å²) < 4.78 is 51.6. The Hall–Kier alpha value is -2.61. The molecule has 27 heavy (non-hydrogen) atoms. The van der Waals surface area contributed by atoms with Crippen LogP contribution in [0.15, 0.2) is 42.5 Å². The molecule has 0 spiro atoms. The summed E-state index contributed by atoms with van der Waals surface area (Å²) in [5.41, 5.74) is 0.166. The van der Waals surface area contributed by atoms with E-state index >= 15 is 0 Å². The third-order valence-electron chi connectivity index (χ3n) is 4.52. The number of likely N-dealkylation sites (N-methyl/N-ethyl adjacent to an activating group) is 1. The molecule has 0 saturated carbocycles. The average Bonchev–Trinajstić information content (AvgIpc) is 2.62. The summed E-state index contributed by atoms with van der Waals surface area (Å²) in [4.78, 5) is 16.8. The van der Waals surface area contributed by atoms with Gasteiger partial charge in [0, 0.05) is 37.6 Å². The number of carbonyl (C=O) groups excluding carboxylic acids is 1. The average molecular weight is 381 g/mol. The van der Waals surface area contributed by atoms with Crippen LogP contribution in [0.3, 0.4) is 0 Å². The van der Waals surface area contributed by atoms with Gasteiger partial charge < -0.3 is 15.1 Å². The normalized spacial score (nSPS) is 15.7. The summed E-state index contributed by atoms with van der Waals surface area (Å²) in [5.74, 6) is -1.12. The molecule has 1 aliphatic rings. The minimum Gasteiger partial charge on any atom is -0.368 e. The van der Waals surface area contributed by atoms with Crippen LogP contribution in [0.5, 0.6) is 0 Å². The third-order valence-corrected chi connectivity index (χ3v) is 4.52. The Morgan fingerprint density at radius 1 is 1.00 bits per heavy atom. The van der Waals surface area contributed by atoms with Crippen molar-refractivity contribution >= 4 is 17.3 Å². The Labute approximate surface area is 154 Å². The van der Waals surface area contributed by atoms with Crippen molar-refractivity contribution in [1.29, 1.82) is 0 Å². The predicted octanol–water partition coefficient (Wildman–Crippen LogP) is 3.85. The molecule has 8 heteroatoms. The Balaban J connectivity index is 1.81. The number of benzene rings is 2. The summed E-state index contributed by atoms with van der Waals surface area (Å²) in [6.07, 6.45) is -4.44.